The van der Waals surface area contributed by atoms with Gasteiger partial charge in [0.25, 0.3) is 0 Å². The van der Waals surface area contributed by atoms with Crippen molar-refractivity contribution in [3.05, 3.63) is 24.0 Å². The highest BCUT2D eigenvalue weighted by Gasteiger charge is 2.29. The summed E-state index contributed by atoms with van der Waals surface area (Å²) in [5.74, 6) is -1.04. The van der Waals surface area contributed by atoms with Gasteiger partial charge in [-0.1, -0.05) is 25.7 Å². The number of rotatable bonds is 5. The summed E-state index contributed by atoms with van der Waals surface area (Å²) in [6.07, 6.45) is 0.813. The third-order valence-electron chi connectivity index (χ3n) is 2.54. The quantitative estimate of drug-likeness (QED) is 0.574. The van der Waals surface area contributed by atoms with Crippen LogP contribution in [0, 0.1) is 11.7 Å². The van der Waals surface area contributed by atoms with Gasteiger partial charge >= 0.3 is 6.98 Å². The van der Waals surface area contributed by atoms with Crippen molar-refractivity contribution < 1.29 is 22.1 Å². The molecule has 1 aromatic carbocycles. The summed E-state index contributed by atoms with van der Waals surface area (Å²) in [7, 11) is 0. The summed E-state index contributed by atoms with van der Waals surface area (Å²) in [5.41, 5.74) is -1.01. The second kappa shape index (κ2) is 5.43. The first-order valence-electron chi connectivity index (χ1n) is 5.46. The van der Waals surface area contributed by atoms with E-state index in [2.05, 4.69) is 0 Å². The number of hydrogen-bond donors (Lipinski definition) is 0. The van der Waals surface area contributed by atoms with E-state index in [-0.39, 0.29) is 18.3 Å². The highest BCUT2D eigenvalue weighted by Crippen LogP contribution is 2.19. The Balaban J connectivity index is 2.91. The molecule has 6 heteroatoms. The lowest BCUT2D eigenvalue weighted by Gasteiger charge is -2.21. The molecule has 1 rings (SSSR count). The lowest BCUT2D eigenvalue weighted by atomic mass is 9.79. The van der Waals surface area contributed by atoms with E-state index in [0.29, 0.717) is 6.07 Å². The minimum absolute atomic E-state index is 0.161. The molecule has 1 aromatic rings. The van der Waals surface area contributed by atoms with E-state index in [0.717, 1.165) is 18.6 Å². The lowest BCUT2D eigenvalue weighted by Crippen LogP contribution is -2.36. The summed E-state index contributed by atoms with van der Waals surface area (Å²) in [4.78, 5) is 0. The largest absolute Gasteiger partial charge is 0.513 e. The second-order valence-corrected chi connectivity index (χ2v) is 4.08. The third-order valence-corrected chi connectivity index (χ3v) is 2.54. The van der Waals surface area contributed by atoms with Crippen LogP contribution >= 0.6 is 0 Å². The molecule has 0 radical (unpaired) electrons. The maximum atomic E-state index is 12.8. The van der Waals surface area contributed by atoms with Crippen molar-refractivity contribution in [1.82, 2.24) is 0 Å². The minimum Gasteiger partial charge on any atom is -0.496 e. The van der Waals surface area contributed by atoms with Crippen molar-refractivity contribution >= 4 is 12.4 Å². The Hall–Kier alpha value is -1.20. The Morgan fingerprint density at radius 3 is 2.47 bits per heavy atom. The van der Waals surface area contributed by atoms with Gasteiger partial charge in [0.2, 0.25) is 0 Å². The average molecular weight is 249 g/mol. The van der Waals surface area contributed by atoms with E-state index in [9.17, 15) is 17.3 Å². The Labute approximate surface area is 97.8 Å². The molecule has 0 fully saturated rings. The predicted molar refractivity (Wildman–Crippen MR) is 60.1 cm³/mol. The second-order valence-electron chi connectivity index (χ2n) is 4.08. The first-order valence-corrected chi connectivity index (χ1v) is 5.46. The van der Waals surface area contributed by atoms with Crippen LogP contribution in [0.4, 0.5) is 17.3 Å². The first-order chi connectivity index (χ1) is 7.84. The van der Waals surface area contributed by atoms with E-state index in [1.165, 1.54) is 0 Å². The Bertz CT molecular complexity index is 378. The summed E-state index contributed by atoms with van der Waals surface area (Å²) in [5, 5.41) is 0. The van der Waals surface area contributed by atoms with Gasteiger partial charge in [-0.25, -0.2) is 4.39 Å². The third kappa shape index (κ3) is 3.95. The molecule has 0 aromatic heterocycles. The van der Waals surface area contributed by atoms with Gasteiger partial charge in [-0.15, -0.1) is 0 Å². The van der Waals surface area contributed by atoms with E-state index >= 15 is 0 Å². The molecule has 1 atom stereocenters. The number of halogens is 4. The Morgan fingerprint density at radius 1 is 1.29 bits per heavy atom. The Morgan fingerprint density at radius 2 is 1.94 bits per heavy atom. The van der Waals surface area contributed by atoms with Gasteiger partial charge < -0.3 is 17.7 Å². The topological polar surface area (TPSA) is 9.23 Å². The van der Waals surface area contributed by atoms with Crippen LogP contribution in [0.2, 0.25) is 0 Å². The van der Waals surface area contributed by atoms with Gasteiger partial charge in [0.1, 0.15) is 5.82 Å². The molecular formula is C11H14BF4O-. The van der Waals surface area contributed by atoms with E-state index in [4.69, 9.17) is 4.74 Å². The zero-order chi connectivity index (χ0) is 13.1. The van der Waals surface area contributed by atoms with Crippen molar-refractivity contribution in [3.63, 3.8) is 0 Å². The van der Waals surface area contributed by atoms with E-state index < -0.39 is 18.3 Å². The summed E-state index contributed by atoms with van der Waals surface area (Å²) in [6.45, 7) is -1.26. The minimum atomic E-state index is -5.26. The van der Waals surface area contributed by atoms with Crippen LogP contribution in [0.5, 0.6) is 5.75 Å². The fourth-order valence-electron chi connectivity index (χ4n) is 1.26. The normalized spacial score (nSPS) is 13.5. The molecule has 0 bridgehead atoms. The van der Waals surface area contributed by atoms with Crippen molar-refractivity contribution in [2.45, 2.75) is 20.3 Å². The van der Waals surface area contributed by atoms with Crippen molar-refractivity contribution in [3.8, 4) is 5.75 Å². The molecule has 0 aliphatic heterocycles. The van der Waals surface area contributed by atoms with E-state index in [1.54, 1.807) is 0 Å². The number of benzene rings is 1. The first kappa shape index (κ1) is 13.9. The van der Waals surface area contributed by atoms with Crippen LogP contribution in [0.15, 0.2) is 18.2 Å². The van der Waals surface area contributed by atoms with Crippen LogP contribution in [-0.2, 0) is 0 Å². The molecule has 0 heterocycles. The standard InChI is InChI=1S/C11H14BF4O/c1-3-8(2)7-17-11-5-4-9(13)6-10(11)12(14,15)16/h4-6,8H,3,7H2,1-2H3/q-1. The molecule has 0 amide bonds. The smallest absolute Gasteiger partial charge is 0.496 e. The van der Waals surface area contributed by atoms with Gasteiger partial charge in [0.15, 0.2) is 0 Å². The molecule has 0 aliphatic rings. The summed E-state index contributed by atoms with van der Waals surface area (Å²) in [6, 6.07) is 2.48. The molecular weight excluding hydrogens is 235 g/mol. The van der Waals surface area contributed by atoms with Crippen LogP contribution in [-0.4, -0.2) is 13.6 Å². The number of ether oxygens (including phenoxy) is 1. The molecule has 0 aliphatic carbocycles. The lowest BCUT2D eigenvalue weighted by molar-refractivity contribution is 0.257. The molecule has 96 valence electrons. The molecule has 0 spiro atoms. The van der Waals surface area contributed by atoms with Crippen molar-refractivity contribution in [1.29, 1.82) is 0 Å². The maximum absolute atomic E-state index is 12.8. The SMILES string of the molecule is CCC(C)COc1ccc(F)cc1[B-](F)(F)F. The number of hydrogen-bond acceptors (Lipinski definition) is 1. The van der Waals surface area contributed by atoms with Gasteiger partial charge in [-0.2, -0.15) is 0 Å². The molecule has 1 nitrogen and oxygen atoms in total. The fraction of sp³-hybridized carbons (Fsp3) is 0.455. The zero-order valence-corrected chi connectivity index (χ0v) is 9.72. The van der Waals surface area contributed by atoms with Crippen molar-refractivity contribution in [2.75, 3.05) is 6.61 Å². The summed E-state index contributed by atoms with van der Waals surface area (Å²) < 4.78 is 55.8. The molecule has 0 N–H and O–H groups in total. The van der Waals surface area contributed by atoms with Crippen LogP contribution in [0.3, 0.4) is 0 Å². The highest BCUT2D eigenvalue weighted by atomic mass is 19.4. The molecule has 0 saturated heterocycles. The van der Waals surface area contributed by atoms with Gasteiger partial charge in [0.05, 0.1) is 12.4 Å². The zero-order valence-electron chi connectivity index (χ0n) is 9.72. The molecule has 0 saturated carbocycles. The van der Waals surface area contributed by atoms with Gasteiger partial charge in [-0.3, -0.25) is 0 Å². The van der Waals surface area contributed by atoms with Crippen LogP contribution in [0.1, 0.15) is 20.3 Å². The average Bonchev–Trinajstić information content (AvgIpc) is 2.25. The fourth-order valence-corrected chi connectivity index (χ4v) is 1.26. The highest BCUT2D eigenvalue weighted by molar-refractivity contribution is 6.74. The summed E-state index contributed by atoms with van der Waals surface area (Å²) >= 11 is 0. The Kier molecular flexibility index (Phi) is 4.43. The van der Waals surface area contributed by atoms with Crippen LogP contribution in [0.25, 0.3) is 0 Å². The van der Waals surface area contributed by atoms with Gasteiger partial charge in [-0.05, 0) is 24.1 Å². The van der Waals surface area contributed by atoms with Crippen molar-refractivity contribution in [2.24, 2.45) is 5.92 Å². The molecule has 17 heavy (non-hydrogen) atoms. The predicted octanol–water partition coefficient (Wildman–Crippen LogP) is 3.31. The molecule has 1 unspecified atom stereocenters. The van der Waals surface area contributed by atoms with Crippen LogP contribution < -0.4 is 10.2 Å². The van der Waals surface area contributed by atoms with E-state index in [1.807, 2.05) is 13.8 Å². The maximum Gasteiger partial charge on any atom is 0.513 e. The monoisotopic (exact) mass is 249 g/mol. The van der Waals surface area contributed by atoms with Gasteiger partial charge in [0, 0.05) is 0 Å².